The van der Waals surface area contributed by atoms with Crippen LogP contribution < -0.4 is 10.1 Å². The number of nitrogens with one attached hydrogen (secondary N) is 1. The van der Waals surface area contributed by atoms with Gasteiger partial charge in [0.2, 0.25) is 0 Å². The number of rotatable bonds is 4. The molecule has 2 nitrogen and oxygen atoms in total. The van der Waals surface area contributed by atoms with Crippen LogP contribution in [-0.2, 0) is 6.54 Å². The highest BCUT2D eigenvalue weighted by Crippen LogP contribution is 2.33. The molecule has 0 amide bonds. The zero-order chi connectivity index (χ0) is 13.0. The maximum absolute atomic E-state index is 6.23. The van der Waals surface area contributed by atoms with E-state index < -0.39 is 0 Å². The second-order valence-corrected chi connectivity index (χ2v) is 6.11. The second-order valence-electron chi connectivity index (χ2n) is 5.26. The average molecular weight is 312 g/mol. The lowest BCUT2D eigenvalue weighted by molar-refractivity contribution is 0.133. The Bertz CT molecular complexity index is 386. The minimum Gasteiger partial charge on any atom is -0.489 e. The van der Waals surface area contributed by atoms with Crippen LogP contribution >= 0.6 is 15.9 Å². The third kappa shape index (κ3) is 3.48. The van der Waals surface area contributed by atoms with E-state index in [0.717, 1.165) is 22.7 Å². The van der Waals surface area contributed by atoms with Crippen LogP contribution in [0, 0.1) is 5.92 Å². The Morgan fingerprint density at radius 2 is 2.00 bits per heavy atom. The van der Waals surface area contributed by atoms with E-state index in [9.17, 15) is 0 Å². The molecule has 100 valence electrons. The van der Waals surface area contributed by atoms with Gasteiger partial charge in [-0.3, -0.25) is 0 Å². The summed E-state index contributed by atoms with van der Waals surface area (Å²) in [5.41, 5.74) is 1.23. The molecule has 3 heteroatoms. The Balaban J connectivity index is 2.07. The van der Waals surface area contributed by atoms with Crippen LogP contribution in [-0.4, -0.2) is 13.2 Å². The summed E-state index contributed by atoms with van der Waals surface area (Å²) < 4.78 is 7.29. The van der Waals surface area contributed by atoms with Gasteiger partial charge >= 0.3 is 0 Å². The third-order valence-electron chi connectivity index (χ3n) is 3.66. The van der Waals surface area contributed by atoms with Gasteiger partial charge in [-0.2, -0.15) is 0 Å². The Labute approximate surface area is 118 Å². The summed E-state index contributed by atoms with van der Waals surface area (Å²) in [4.78, 5) is 0. The number of ether oxygens (including phenoxy) is 1. The standard InChI is InChI=1S/C15H22BrNO/c1-11-6-8-13(9-7-11)18-15-12(10-17-2)4-3-5-14(15)16/h3-5,11,13,17H,6-10H2,1-2H3. The van der Waals surface area contributed by atoms with Gasteiger partial charge in [-0.15, -0.1) is 0 Å². The van der Waals surface area contributed by atoms with Gasteiger partial charge in [0.05, 0.1) is 10.6 Å². The molecule has 1 aliphatic carbocycles. The summed E-state index contributed by atoms with van der Waals surface area (Å²) in [5.74, 6) is 1.88. The lowest BCUT2D eigenvalue weighted by Crippen LogP contribution is -2.24. The fourth-order valence-corrected chi connectivity index (χ4v) is 3.03. The van der Waals surface area contributed by atoms with Gasteiger partial charge in [-0.1, -0.05) is 19.1 Å². The monoisotopic (exact) mass is 311 g/mol. The molecule has 0 unspecified atom stereocenters. The number of para-hydroxylation sites is 1. The van der Waals surface area contributed by atoms with Crippen molar-refractivity contribution in [3.8, 4) is 5.75 Å². The first-order valence-electron chi connectivity index (χ1n) is 6.79. The Kier molecular flexibility index (Phi) is 5.07. The van der Waals surface area contributed by atoms with Crippen LogP contribution in [0.15, 0.2) is 22.7 Å². The summed E-state index contributed by atoms with van der Waals surface area (Å²) in [7, 11) is 1.97. The first-order chi connectivity index (χ1) is 8.70. The van der Waals surface area contributed by atoms with Crippen LogP contribution in [0.2, 0.25) is 0 Å². The molecule has 0 saturated heterocycles. The Morgan fingerprint density at radius 3 is 2.67 bits per heavy atom. The quantitative estimate of drug-likeness (QED) is 0.903. The van der Waals surface area contributed by atoms with Crippen LogP contribution in [0.3, 0.4) is 0 Å². The van der Waals surface area contributed by atoms with Crippen LogP contribution in [0.25, 0.3) is 0 Å². The summed E-state index contributed by atoms with van der Waals surface area (Å²) in [5, 5.41) is 3.20. The number of hydrogen-bond acceptors (Lipinski definition) is 2. The number of hydrogen-bond donors (Lipinski definition) is 1. The molecule has 1 aromatic rings. The Hall–Kier alpha value is -0.540. The van der Waals surface area contributed by atoms with Gasteiger partial charge in [-0.25, -0.2) is 0 Å². The topological polar surface area (TPSA) is 21.3 Å². The van der Waals surface area contributed by atoms with Crippen molar-refractivity contribution in [2.75, 3.05) is 7.05 Å². The predicted molar refractivity (Wildman–Crippen MR) is 79.0 cm³/mol. The molecule has 1 aliphatic rings. The fraction of sp³-hybridized carbons (Fsp3) is 0.600. The van der Waals surface area contributed by atoms with Crippen molar-refractivity contribution >= 4 is 15.9 Å². The van der Waals surface area contributed by atoms with E-state index in [1.54, 1.807) is 0 Å². The highest BCUT2D eigenvalue weighted by molar-refractivity contribution is 9.10. The summed E-state index contributed by atoms with van der Waals surface area (Å²) in [6.07, 6.45) is 5.33. The van der Waals surface area contributed by atoms with Gasteiger partial charge in [0.1, 0.15) is 5.75 Å². The average Bonchev–Trinajstić information content (AvgIpc) is 2.36. The van der Waals surface area contributed by atoms with Gasteiger partial charge in [0.25, 0.3) is 0 Å². The molecular formula is C15H22BrNO. The minimum absolute atomic E-state index is 0.385. The second kappa shape index (κ2) is 6.58. The van der Waals surface area contributed by atoms with Gasteiger partial charge in [0.15, 0.2) is 0 Å². The predicted octanol–water partition coefficient (Wildman–Crippen LogP) is 4.13. The maximum atomic E-state index is 6.23. The zero-order valence-electron chi connectivity index (χ0n) is 11.2. The van der Waals surface area contributed by atoms with E-state index in [1.165, 1.54) is 31.2 Å². The van der Waals surface area contributed by atoms with Gasteiger partial charge in [0, 0.05) is 12.1 Å². The van der Waals surface area contributed by atoms with E-state index in [0.29, 0.717) is 6.10 Å². The molecule has 0 heterocycles. The maximum Gasteiger partial charge on any atom is 0.138 e. The molecule has 0 radical (unpaired) electrons. The van der Waals surface area contributed by atoms with Crippen molar-refractivity contribution in [2.24, 2.45) is 5.92 Å². The van der Waals surface area contributed by atoms with Crippen molar-refractivity contribution in [1.29, 1.82) is 0 Å². The first kappa shape index (κ1) is 13.9. The highest BCUT2D eigenvalue weighted by atomic mass is 79.9. The zero-order valence-corrected chi connectivity index (χ0v) is 12.8. The molecule has 0 atom stereocenters. The van der Waals surface area contributed by atoms with E-state index >= 15 is 0 Å². The number of halogens is 1. The summed E-state index contributed by atoms with van der Waals surface area (Å²) >= 11 is 3.60. The highest BCUT2D eigenvalue weighted by Gasteiger charge is 2.21. The van der Waals surface area contributed by atoms with Crippen molar-refractivity contribution in [3.63, 3.8) is 0 Å². The van der Waals surface area contributed by atoms with Crippen molar-refractivity contribution < 1.29 is 4.74 Å². The van der Waals surface area contributed by atoms with Crippen LogP contribution in [0.5, 0.6) is 5.75 Å². The molecule has 2 rings (SSSR count). The lowest BCUT2D eigenvalue weighted by Gasteiger charge is -2.28. The van der Waals surface area contributed by atoms with E-state index in [-0.39, 0.29) is 0 Å². The molecule has 1 fully saturated rings. The first-order valence-corrected chi connectivity index (χ1v) is 7.58. The fourth-order valence-electron chi connectivity index (χ4n) is 2.53. The van der Waals surface area contributed by atoms with Crippen molar-refractivity contribution in [3.05, 3.63) is 28.2 Å². The van der Waals surface area contributed by atoms with Crippen LogP contribution in [0.4, 0.5) is 0 Å². The molecule has 18 heavy (non-hydrogen) atoms. The molecule has 0 bridgehead atoms. The summed E-state index contributed by atoms with van der Waals surface area (Å²) in [6.45, 7) is 3.18. The molecule has 0 spiro atoms. The largest absolute Gasteiger partial charge is 0.489 e. The Morgan fingerprint density at radius 1 is 1.28 bits per heavy atom. The molecule has 0 aliphatic heterocycles. The van der Waals surface area contributed by atoms with Crippen LogP contribution in [0.1, 0.15) is 38.2 Å². The third-order valence-corrected chi connectivity index (χ3v) is 4.29. The van der Waals surface area contributed by atoms with E-state index in [2.05, 4.69) is 46.4 Å². The minimum atomic E-state index is 0.385. The van der Waals surface area contributed by atoms with Gasteiger partial charge in [-0.05, 0) is 60.6 Å². The number of benzene rings is 1. The molecule has 1 aromatic carbocycles. The molecule has 1 N–H and O–H groups in total. The van der Waals surface area contributed by atoms with E-state index in [4.69, 9.17) is 4.74 Å². The smallest absolute Gasteiger partial charge is 0.138 e. The summed E-state index contributed by atoms with van der Waals surface area (Å²) in [6, 6.07) is 6.24. The van der Waals surface area contributed by atoms with Gasteiger partial charge < -0.3 is 10.1 Å². The SMILES string of the molecule is CNCc1cccc(Br)c1OC1CCC(C)CC1. The van der Waals surface area contributed by atoms with Crippen molar-refractivity contribution in [1.82, 2.24) is 5.32 Å². The molecule has 0 aromatic heterocycles. The van der Waals surface area contributed by atoms with Crippen molar-refractivity contribution in [2.45, 2.75) is 45.3 Å². The molecule has 1 saturated carbocycles. The molecular weight excluding hydrogens is 290 g/mol. The van der Waals surface area contributed by atoms with E-state index in [1.807, 2.05) is 7.05 Å². The normalized spacial score (nSPS) is 23.9. The lowest BCUT2D eigenvalue weighted by atomic mass is 9.89.